The van der Waals surface area contributed by atoms with Crippen LogP contribution in [0, 0.1) is 0 Å². The van der Waals surface area contributed by atoms with E-state index in [-0.39, 0.29) is 0 Å². The maximum absolute atomic E-state index is 11.3. The van der Waals surface area contributed by atoms with Gasteiger partial charge in [0.2, 0.25) is 10.0 Å². The first-order chi connectivity index (χ1) is 6.48. The number of imidazole rings is 1. The molecule has 74 valence electrons. The Bertz CT molecular complexity index is 586. The van der Waals surface area contributed by atoms with E-state index >= 15 is 0 Å². The summed E-state index contributed by atoms with van der Waals surface area (Å²) in [5, 5.41) is 0. The zero-order valence-corrected chi connectivity index (χ0v) is 8.32. The molecule has 0 saturated carbocycles. The summed E-state index contributed by atoms with van der Waals surface area (Å²) in [6, 6.07) is 4.96. The lowest BCUT2D eigenvalue weighted by atomic mass is 10.3. The zero-order chi connectivity index (χ0) is 10.3. The summed E-state index contributed by atoms with van der Waals surface area (Å²) in [6.07, 6.45) is 2.40. The van der Waals surface area contributed by atoms with Crippen LogP contribution in [0.4, 0.5) is 5.69 Å². The summed E-state index contributed by atoms with van der Waals surface area (Å²) in [7, 11) is -3.30. The molecule has 0 atom stereocenters. The fraction of sp³-hybridized carbons (Fsp3) is 0.125. The van der Waals surface area contributed by atoms with Crippen molar-refractivity contribution in [3.05, 3.63) is 24.5 Å². The summed E-state index contributed by atoms with van der Waals surface area (Å²) < 4.78 is 23.7. The van der Waals surface area contributed by atoms with Gasteiger partial charge in [-0.15, -0.1) is 0 Å². The van der Waals surface area contributed by atoms with E-state index in [2.05, 4.69) is 4.98 Å². The fourth-order valence-corrected chi connectivity index (χ4v) is 1.99. The Morgan fingerprint density at radius 2 is 2.14 bits per heavy atom. The first kappa shape index (κ1) is 9.01. The van der Waals surface area contributed by atoms with Gasteiger partial charge >= 0.3 is 0 Å². The Kier molecular flexibility index (Phi) is 1.75. The molecule has 0 aliphatic rings. The smallest absolute Gasteiger partial charge is 0.237 e. The lowest BCUT2D eigenvalue weighted by molar-refractivity contribution is 0.595. The molecule has 1 aromatic carbocycles. The van der Waals surface area contributed by atoms with Crippen LogP contribution in [-0.2, 0) is 10.0 Å². The maximum Gasteiger partial charge on any atom is 0.237 e. The number of nitrogen functional groups attached to an aromatic ring is 1. The summed E-state index contributed by atoms with van der Waals surface area (Å²) in [6.45, 7) is 0. The SMILES string of the molecule is CS(=O)(=O)n1cnc2ccc(N)cc21. The lowest BCUT2D eigenvalue weighted by Crippen LogP contribution is -2.08. The van der Waals surface area contributed by atoms with Gasteiger partial charge in [0.15, 0.2) is 0 Å². The normalized spacial score (nSPS) is 12.1. The molecule has 1 heterocycles. The van der Waals surface area contributed by atoms with E-state index in [0.717, 1.165) is 10.2 Å². The molecule has 2 rings (SSSR count). The van der Waals surface area contributed by atoms with Crippen LogP contribution >= 0.6 is 0 Å². The molecule has 1 aromatic heterocycles. The number of nitrogens with zero attached hydrogens (tertiary/aromatic N) is 2. The molecule has 14 heavy (non-hydrogen) atoms. The number of nitrogens with two attached hydrogens (primary N) is 1. The van der Waals surface area contributed by atoms with E-state index in [9.17, 15) is 8.42 Å². The molecule has 0 amide bonds. The van der Waals surface area contributed by atoms with Crippen molar-refractivity contribution >= 4 is 26.7 Å². The van der Waals surface area contributed by atoms with Crippen molar-refractivity contribution in [2.24, 2.45) is 0 Å². The monoisotopic (exact) mass is 211 g/mol. The Morgan fingerprint density at radius 1 is 1.43 bits per heavy atom. The predicted molar refractivity (Wildman–Crippen MR) is 54.4 cm³/mol. The fourth-order valence-electron chi connectivity index (χ4n) is 1.27. The number of aromatic nitrogens is 2. The lowest BCUT2D eigenvalue weighted by Gasteiger charge is -2.00. The number of fused-ring (bicyclic) bond motifs is 1. The van der Waals surface area contributed by atoms with Gasteiger partial charge in [0.25, 0.3) is 0 Å². The average molecular weight is 211 g/mol. The molecule has 0 aliphatic carbocycles. The summed E-state index contributed by atoms with van der Waals surface area (Å²) in [4.78, 5) is 3.95. The third kappa shape index (κ3) is 1.33. The summed E-state index contributed by atoms with van der Waals surface area (Å²) in [5.41, 5.74) is 7.20. The van der Waals surface area contributed by atoms with Crippen LogP contribution in [0.25, 0.3) is 11.0 Å². The van der Waals surface area contributed by atoms with Crippen LogP contribution in [-0.4, -0.2) is 23.6 Å². The van der Waals surface area contributed by atoms with Crippen molar-refractivity contribution in [1.29, 1.82) is 0 Å². The molecule has 0 fully saturated rings. The van der Waals surface area contributed by atoms with Gasteiger partial charge in [-0.05, 0) is 18.2 Å². The van der Waals surface area contributed by atoms with E-state index in [4.69, 9.17) is 5.73 Å². The Labute approximate surface area is 81.2 Å². The highest BCUT2D eigenvalue weighted by atomic mass is 32.2. The average Bonchev–Trinajstić information content (AvgIpc) is 2.45. The predicted octanol–water partition coefficient (Wildman–Crippen LogP) is 0.426. The number of rotatable bonds is 1. The van der Waals surface area contributed by atoms with Crippen molar-refractivity contribution in [2.45, 2.75) is 0 Å². The zero-order valence-electron chi connectivity index (χ0n) is 7.51. The molecule has 5 nitrogen and oxygen atoms in total. The van der Waals surface area contributed by atoms with Gasteiger partial charge in [-0.2, -0.15) is 0 Å². The molecular weight excluding hydrogens is 202 g/mol. The minimum atomic E-state index is -3.30. The standard InChI is InChI=1S/C8H9N3O2S/c1-14(12,13)11-5-10-7-3-2-6(9)4-8(7)11/h2-5H,9H2,1H3. The topological polar surface area (TPSA) is 78.0 Å². The second-order valence-corrected chi connectivity index (χ2v) is 4.91. The maximum atomic E-state index is 11.3. The third-order valence-electron chi connectivity index (χ3n) is 1.90. The number of benzene rings is 1. The van der Waals surface area contributed by atoms with Crippen molar-refractivity contribution < 1.29 is 8.42 Å². The Balaban J connectivity index is 2.87. The second-order valence-electron chi connectivity index (χ2n) is 3.05. The van der Waals surface area contributed by atoms with E-state index in [1.54, 1.807) is 18.2 Å². The van der Waals surface area contributed by atoms with Crippen LogP contribution in [0.3, 0.4) is 0 Å². The van der Waals surface area contributed by atoms with E-state index in [0.29, 0.717) is 16.7 Å². The van der Waals surface area contributed by atoms with Crippen molar-refractivity contribution in [3.63, 3.8) is 0 Å². The van der Waals surface area contributed by atoms with Gasteiger partial charge in [-0.25, -0.2) is 17.4 Å². The second kappa shape index (κ2) is 2.71. The number of anilines is 1. The Hall–Kier alpha value is -1.56. The number of hydrogen-bond donors (Lipinski definition) is 1. The molecule has 0 bridgehead atoms. The highest BCUT2D eigenvalue weighted by Gasteiger charge is 2.10. The molecule has 0 aliphatic heterocycles. The van der Waals surface area contributed by atoms with E-state index in [1.807, 2.05) is 0 Å². The molecule has 0 spiro atoms. The number of hydrogen-bond acceptors (Lipinski definition) is 4. The highest BCUT2D eigenvalue weighted by molar-refractivity contribution is 7.89. The first-order valence-corrected chi connectivity index (χ1v) is 5.76. The molecule has 2 N–H and O–H groups in total. The van der Waals surface area contributed by atoms with Crippen molar-refractivity contribution in [1.82, 2.24) is 8.96 Å². The van der Waals surface area contributed by atoms with Gasteiger partial charge in [0.05, 0.1) is 17.3 Å². The molecule has 0 unspecified atom stereocenters. The van der Waals surface area contributed by atoms with Gasteiger partial charge in [-0.3, -0.25) is 0 Å². The van der Waals surface area contributed by atoms with Crippen LogP contribution in [0.15, 0.2) is 24.5 Å². The molecule has 0 radical (unpaired) electrons. The largest absolute Gasteiger partial charge is 0.399 e. The quantitative estimate of drug-likeness (QED) is 0.694. The van der Waals surface area contributed by atoms with Crippen LogP contribution < -0.4 is 5.73 Å². The summed E-state index contributed by atoms with van der Waals surface area (Å²) in [5.74, 6) is 0. The Morgan fingerprint density at radius 3 is 2.79 bits per heavy atom. The first-order valence-electron chi connectivity index (χ1n) is 3.91. The van der Waals surface area contributed by atoms with E-state index < -0.39 is 10.0 Å². The van der Waals surface area contributed by atoms with Crippen LogP contribution in [0.2, 0.25) is 0 Å². The van der Waals surface area contributed by atoms with Crippen LogP contribution in [0.5, 0.6) is 0 Å². The minimum Gasteiger partial charge on any atom is -0.399 e. The van der Waals surface area contributed by atoms with Crippen molar-refractivity contribution in [3.8, 4) is 0 Å². The van der Waals surface area contributed by atoms with Gasteiger partial charge in [0, 0.05) is 5.69 Å². The van der Waals surface area contributed by atoms with Crippen molar-refractivity contribution in [2.75, 3.05) is 12.0 Å². The third-order valence-corrected chi connectivity index (χ3v) is 2.90. The van der Waals surface area contributed by atoms with Gasteiger partial charge in [0.1, 0.15) is 6.33 Å². The molecule has 2 aromatic rings. The molecule has 0 saturated heterocycles. The molecule has 6 heteroatoms. The molecular formula is C8H9N3O2S. The summed E-state index contributed by atoms with van der Waals surface area (Å²) >= 11 is 0. The minimum absolute atomic E-state index is 0.507. The highest BCUT2D eigenvalue weighted by Crippen LogP contribution is 2.17. The van der Waals surface area contributed by atoms with Crippen LogP contribution in [0.1, 0.15) is 0 Å². The van der Waals surface area contributed by atoms with Gasteiger partial charge < -0.3 is 5.73 Å². The van der Waals surface area contributed by atoms with Gasteiger partial charge in [-0.1, -0.05) is 0 Å². The van der Waals surface area contributed by atoms with E-state index in [1.165, 1.54) is 6.33 Å².